The van der Waals surface area contributed by atoms with Crippen LogP contribution in [0.3, 0.4) is 0 Å². The van der Waals surface area contributed by atoms with Crippen molar-refractivity contribution in [2.45, 2.75) is 39.8 Å². The van der Waals surface area contributed by atoms with Gasteiger partial charge in [-0.1, -0.05) is 24.3 Å². The second kappa shape index (κ2) is 10.3. The fourth-order valence-electron chi connectivity index (χ4n) is 2.49. The minimum absolute atomic E-state index is 0.0729. The van der Waals surface area contributed by atoms with Crippen LogP contribution in [0.1, 0.15) is 30.0 Å². The van der Waals surface area contributed by atoms with Crippen LogP contribution in [0.25, 0.3) is 0 Å². The molecule has 6 nitrogen and oxygen atoms in total. The minimum atomic E-state index is -0.869. The first-order valence-electron chi connectivity index (χ1n) is 9.19. The van der Waals surface area contributed by atoms with E-state index in [1.165, 1.54) is 0 Å². The molecule has 2 rings (SSSR count). The molecule has 0 spiro atoms. The zero-order valence-electron chi connectivity index (χ0n) is 16.8. The average Bonchev–Trinajstić information content (AvgIpc) is 2.69. The molecular weight excluding hydrogens is 358 g/mol. The maximum Gasteiger partial charge on any atom is 0.310 e. The third-order valence-corrected chi connectivity index (χ3v) is 4.21. The van der Waals surface area contributed by atoms with Gasteiger partial charge >= 0.3 is 5.97 Å². The van der Waals surface area contributed by atoms with Crippen molar-refractivity contribution >= 4 is 11.9 Å². The molecule has 0 aromatic heterocycles. The van der Waals surface area contributed by atoms with E-state index in [2.05, 4.69) is 5.32 Å². The van der Waals surface area contributed by atoms with Crippen LogP contribution in [0.5, 0.6) is 11.5 Å². The van der Waals surface area contributed by atoms with Crippen LogP contribution in [0.15, 0.2) is 42.5 Å². The van der Waals surface area contributed by atoms with E-state index in [4.69, 9.17) is 14.2 Å². The number of carbonyl (C=O) groups is 2. The number of ether oxygens (including phenoxy) is 3. The molecule has 28 heavy (non-hydrogen) atoms. The van der Waals surface area contributed by atoms with E-state index >= 15 is 0 Å². The molecule has 0 heterocycles. The number of aryl methyl sites for hydroxylation is 2. The monoisotopic (exact) mass is 385 g/mol. The van der Waals surface area contributed by atoms with Crippen LogP contribution in [0.4, 0.5) is 0 Å². The number of esters is 1. The number of amides is 1. The molecule has 1 amide bonds. The molecule has 0 fully saturated rings. The fourth-order valence-corrected chi connectivity index (χ4v) is 2.49. The van der Waals surface area contributed by atoms with Gasteiger partial charge in [0, 0.05) is 6.54 Å². The Balaban J connectivity index is 1.71. The van der Waals surface area contributed by atoms with Gasteiger partial charge in [0.1, 0.15) is 11.5 Å². The zero-order chi connectivity index (χ0) is 20.5. The number of rotatable bonds is 9. The van der Waals surface area contributed by atoms with E-state index in [1.807, 2.05) is 56.3 Å². The normalized spacial score (nSPS) is 11.4. The van der Waals surface area contributed by atoms with Crippen LogP contribution in [0.2, 0.25) is 0 Å². The lowest BCUT2D eigenvalue weighted by Crippen LogP contribution is -2.35. The van der Waals surface area contributed by atoms with Crippen molar-refractivity contribution in [1.82, 2.24) is 5.32 Å². The third-order valence-electron chi connectivity index (χ3n) is 4.21. The Bertz CT molecular complexity index is 801. The van der Waals surface area contributed by atoms with E-state index in [1.54, 1.807) is 14.0 Å². The van der Waals surface area contributed by atoms with Crippen LogP contribution < -0.4 is 14.8 Å². The summed E-state index contributed by atoms with van der Waals surface area (Å²) in [4.78, 5) is 24.1. The topological polar surface area (TPSA) is 73.9 Å². The van der Waals surface area contributed by atoms with Crippen LogP contribution in [-0.2, 0) is 20.9 Å². The predicted molar refractivity (Wildman–Crippen MR) is 106 cm³/mol. The molecular formula is C22H27NO5. The first kappa shape index (κ1) is 21.3. The highest BCUT2D eigenvalue weighted by Gasteiger charge is 2.17. The van der Waals surface area contributed by atoms with Crippen LogP contribution in [-0.4, -0.2) is 31.7 Å². The number of methoxy groups -OCH3 is 1. The Morgan fingerprint density at radius 3 is 2.46 bits per heavy atom. The summed E-state index contributed by atoms with van der Waals surface area (Å²) < 4.78 is 15.9. The Kier molecular flexibility index (Phi) is 7.87. The van der Waals surface area contributed by atoms with E-state index in [0.29, 0.717) is 6.54 Å². The first-order valence-corrected chi connectivity index (χ1v) is 9.19. The molecule has 0 saturated heterocycles. The molecule has 0 radical (unpaired) electrons. The van der Waals surface area contributed by atoms with Gasteiger partial charge in [-0.2, -0.15) is 0 Å². The van der Waals surface area contributed by atoms with Gasteiger partial charge in [-0.15, -0.1) is 0 Å². The highest BCUT2D eigenvalue weighted by Crippen LogP contribution is 2.19. The van der Waals surface area contributed by atoms with E-state index in [-0.39, 0.29) is 18.9 Å². The molecule has 6 heteroatoms. The molecule has 2 aromatic carbocycles. The second-order valence-electron chi connectivity index (χ2n) is 6.57. The summed E-state index contributed by atoms with van der Waals surface area (Å²) in [5.74, 6) is 0.676. The van der Waals surface area contributed by atoms with Gasteiger partial charge < -0.3 is 19.5 Å². The summed E-state index contributed by atoms with van der Waals surface area (Å²) in [6.45, 7) is 6.02. The van der Waals surface area contributed by atoms with Gasteiger partial charge in [-0.05, 0) is 55.7 Å². The number of benzene rings is 2. The van der Waals surface area contributed by atoms with Gasteiger partial charge in [-0.25, -0.2) is 0 Å². The molecule has 0 saturated carbocycles. The molecule has 2 aromatic rings. The molecule has 1 atom stereocenters. The standard InChI is InChI=1S/C22H27NO5/c1-15-5-6-16(2)20(13-15)27-12-11-21(24)28-17(3)22(25)23-14-18-7-9-19(26-4)10-8-18/h5-10,13,17H,11-12,14H2,1-4H3,(H,23,25)/t17-/m1/s1. The molecule has 0 aliphatic rings. The van der Waals surface area contributed by atoms with Crippen LogP contribution in [0, 0.1) is 13.8 Å². The number of hydrogen-bond acceptors (Lipinski definition) is 5. The summed E-state index contributed by atoms with van der Waals surface area (Å²) in [5, 5.41) is 2.75. The van der Waals surface area contributed by atoms with Crippen molar-refractivity contribution in [3.05, 3.63) is 59.2 Å². The van der Waals surface area contributed by atoms with Crippen LogP contribution >= 0.6 is 0 Å². The SMILES string of the molecule is COc1ccc(CNC(=O)[C@@H](C)OC(=O)CCOc2cc(C)ccc2C)cc1. The Hall–Kier alpha value is -3.02. The Morgan fingerprint density at radius 2 is 1.79 bits per heavy atom. The van der Waals surface area contributed by atoms with Crippen molar-refractivity contribution in [2.24, 2.45) is 0 Å². The number of carbonyl (C=O) groups excluding carboxylic acids is 2. The Morgan fingerprint density at radius 1 is 1.07 bits per heavy atom. The lowest BCUT2D eigenvalue weighted by molar-refractivity contribution is -0.155. The van der Waals surface area contributed by atoms with Crippen molar-refractivity contribution in [1.29, 1.82) is 0 Å². The van der Waals surface area contributed by atoms with Gasteiger partial charge in [0.15, 0.2) is 6.10 Å². The van der Waals surface area contributed by atoms with Crippen molar-refractivity contribution in [2.75, 3.05) is 13.7 Å². The molecule has 0 aliphatic heterocycles. The summed E-state index contributed by atoms with van der Waals surface area (Å²) in [7, 11) is 1.60. The maximum atomic E-state index is 12.1. The van der Waals surface area contributed by atoms with Gasteiger partial charge in [0.05, 0.1) is 20.1 Å². The maximum absolute atomic E-state index is 12.1. The molecule has 1 N–H and O–H groups in total. The summed E-state index contributed by atoms with van der Waals surface area (Å²) in [6.07, 6.45) is -0.796. The van der Waals surface area contributed by atoms with Crippen molar-refractivity contribution in [3.63, 3.8) is 0 Å². The first-order chi connectivity index (χ1) is 13.4. The summed E-state index contributed by atoms with van der Waals surface area (Å²) in [6, 6.07) is 13.3. The molecule has 0 bridgehead atoms. The van der Waals surface area contributed by atoms with E-state index < -0.39 is 12.1 Å². The molecule has 150 valence electrons. The molecule has 0 aliphatic carbocycles. The number of hydrogen-bond donors (Lipinski definition) is 1. The lowest BCUT2D eigenvalue weighted by atomic mass is 10.1. The quantitative estimate of drug-likeness (QED) is 0.670. The van der Waals surface area contributed by atoms with Gasteiger partial charge in [0.2, 0.25) is 0 Å². The highest BCUT2D eigenvalue weighted by molar-refractivity contribution is 5.83. The highest BCUT2D eigenvalue weighted by atomic mass is 16.5. The lowest BCUT2D eigenvalue weighted by Gasteiger charge is -2.14. The largest absolute Gasteiger partial charge is 0.497 e. The third kappa shape index (κ3) is 6.61. The predicted octanol–water partition coefficient (Wildman–Crippen LogP) is 3.33. The Labute approximate surface area is 165 Å². The van der Waals surface area contributed by atoms with Crippen molar-refractivity contribution in [3.8, 4) is 11.5 Å². The zero-order valence-corrected chi connectivity index (χ0v) is 16.8. The second-order valence-corrected chi connectivity index (χ2v) is 6.57. The molecule has 0 unspecified atom stereocenters. The van der Waals surface area contributed by atoms with E-state index in [9.17, 15) is 9.59 Å². The van der Waals surface area contributed by atoms with E-state index in [0.717, 1.165) is 28.2 Å². The van der Waals surface area contributed by atoms with Gasteiger partial charge in [0.25, 0.3) is 5.91 Å². The summed E-state index contributed by atoms with van der Waals surface area (Å²) in [5.41, 5.74) is 3.02. The summed E-state index contributed by atoms with van der Waals surface area (Å²) >= 11 is 0. The minimum Gasteiger partial charge on any atom is -0.497 e. The van der Waals surface area contributed by atoms with Crippen molar-refractivity contribution < 1.29 is 23.8 Å². The fraction of sp³-hybridized carbons (Fsp3) is 0.364. The number of nitrogens with one attached hydrogen (secondary N) is 1. The average molecular weight is 385 g/mol. The van der Waals surface area contributed by atoms with Gasteiger partial charge in [-0.3, -0.25) is 9.59 Å². The smallest absolute Gasteiger partial charge is 0.310 e.